The molecule has 7 heteroatoms. The summed E-state index contributed by atoms with van der Waals surface area (Å²) in [5.41, 5.74) is 2.00. The number of aliphatic hydroxyl groups is 1. The Morgan fingerprint density at radius 3 is 2.73 bits per heavy atom. The van der Waals surface area contributed by atoms with Crippen molar-refractivity contribution in [1.82, 2.24) is 20.3 Å². The number of carbonyl (C=O) groups excluding carboxylic acids is 1. The predicted octanol–water partition coefficient (Wildman–Crippen LogP) is 1.27. The lowest BCUT2D eigenvalue weighted by Gasteiger charge is -2.37. The van der Waals surface area contributed by atoms with Crippen molar-refractivity contribution in [1.29, 1.82) is 0 Å². The molecule has 2 heterocycles. The Balaban J connectivity index is 1.82. The van der Waals surface area contributed by atoms with E-state index >= 15 is 0 Å². The van der Waals surface area contributed by atoms with Crippen LogP contribution in [0.4, 0.5) is 0 Å². The van der Waals surface area contributed by atoms with Crippen LogP contribution in [0.25, 0.3) is 0 Å². The third-order valence-corrected chi connectivity index (χ3v) is 4.25. The van der Waals surface area contributed by atoms with Crippen molar-refractivity contribution in [2.45, 2.75) is 38.8 Å². The Hall–Kier alpha value is -2.15. The number of hydrogen-bond donors (Lipinski definition) is 2. The predicted molar refractivity (Wildman–Crippen MR) is 78.1 cm³/mol. The number of aliphatic hydroxyl groups excluding tert-OH is 1. The van der Waals surface area contributed by atoms with E-state index in [9.17, 15) is 9.90 Å². The zero-order valence-corrected chi connectivity index (χ0v) is 12.9. The minimum Gasteiger partial charge on any atom is -0.393 e. The van der Waals surface area contributed by atoms with Crippen LogP contribution >= 0.6 is 0 Å². The molecule has 1 fully saturated rings. The molecule has 2 aromatic heterocycles. The molecule has 0 bridgehead atoms. The summed E-state index contributed by atoms with van der Waals surface area (Å²) in [5, 5.41) is 20.6. The number of nitrogens with one attached hydrogen (secondary N) is 1. The van der Waals surface area contributed by atoms with Crippen molar-refractivity contribution in [2.24, 2.45) is 13.0 Å². The van der Waals surface area contributed by atoms with E-state index < -0.39 is 0 Å². The molecular weight excluding hydrogens is 284 g/mol. The Morgan fingerprint density at radius 1 is 1.50 bits per heavy atom. The highest BCUT2D eigenvalue weighted by Gasteiger charge is 2.37. The molecular formula is C15H20N4O3. The molecule has 3 rings (SSSR count). The average Bonchev–Trinajstić information content (AvgIpc) is 2.99. The maximum atomic E-state index is 12.6. The standard InChI is InChI=1S/C15H20N4O3/c1-8-13(9(2)22-18-8)15(21)17-14(10-4-12(20)5-10)11-6-16-19(3)7-11/h6-7,10,12,14,20H,4-5H2,1-3H3,(H,17,21). The lowest BCUT2D eigenvalue weighted by atomic mass is 9.75. The molecule has 0 aromatic carbocycles. The molecule has 0 saturated heterocycles. The molecule has 0 aliphatic heterocycles. The van der Waals surface area contributed by atoms with E-state index in [0.29, 0.717) is 29.9 Å². The Kier molecular flexibility index (Phi) is 3.74. The molecule has 1 unspecified atom stereocenters. The Morgan fingerprint density at radius 2 is 2.23 bits per heavy atom. The quantitative estimate of drug-likeness (QED) is 0.887. The van der Waals surface area contributed by atoms with E-state index in [1.807, 2.05) is 13.2 Å². The first-order chi connectivity index (χ1) is 10.5. The van der Waals surface area contributed by atoms with Gasteiger partial charge in [-0.2, -0.15) is 5.10 Å². The lowest BCUT2D eigenvalue weighted by molar-refractivity contribution is 0.0235. The summed E-state index contributed by atoms with van der Waals surface area (Å²) in [6.07, 6.45) is 4.73. The largest absolute Gasteiger partial charge is 0.393 e. The first-order valence-corrected chi connectivity index (χ1v) is 7.36. The second-order valence-electron chi connectivity index (χ2n) is 5.98. The third-order valence-electron chi connectivity index (χ3n) is 4.25. The molecule has 1 aliphatic carbocycles. The minimum absolute atomic E-state index is 0.168. The van der Waals surface area contributed by atoms with Gasteiger partial charge in [0.1, 0.15) is 11.3 Å². The summed E-state index contributed by atoms with van der Waals surface area (Å²) in [5.74, 6) is 0.517. The molecule has 22 heavy (non-hydrogen) atoms. The zero-order valence-electron chi connectivity index (χ0n) is 12.9. The van der Waals surface area contributed by atoms with E-state index in [-0.39, 0.29) is 24.0 Å². The van der Waals surface area contributed by atoms with Crippen molar-refractivity contribution in [3.05, 3.63) is 35.0 Å². The monoisotopic (exact) mass is 304 g/mol. The zero-order chi connectivity index (χ0) is 15.9. The summed E-state index contributed by atoms with van der Waals surface area (Å²) in [7, 11) is 1.84. The second kappa shape index (κ2) is 5.57. The van der Waals surface area contributed by atoms with E-state index in [1.54, 1.807) is 24.7 Å². The fourth-order valence-electron chi connectivity index (χ4n) is 3.00. The van der Waals surface area contributed by atoms with E-state index in [1.165, 1.54) is 0 Å². The highest BCUT2D eigenvalue weighted by atomic mass is 16.5. The van der Waals surface area contributed by atoms with Gasteiger partial charge in [-0.3, -0.25) is 9.48 Å². The number of aryl methyl sites for hydroxylation is 3. The van der Waals surface area contributed by atoms with Crippen LogP contribution in [0, 0.1) is 19.8 Å². The Bertz CT molecular complexity index is 665. The maximum absolute atomic E-state index is 12.6. The van der Waals surface area contributed by atoms with Crippen molar-refractivity contribution < 1.29 is 14.4 Å². The summed E-state index contributed by atoms with van der Waals surface area (Å²) < 4.78 is 6.77. The summed E-state index contributed by atoms with van der Waals surface area (Å²) in [6, 6.07) is -0.168. The van der Waals surface area contributed by atoms with Gasteiger partial charge in [-0.1, -0.05) is 5.16 Å². The number of carbonyl (C=O) groups is 1. The first kappa shape index (κ1) is 14.8. The van der Waals surface area contributed by atoms with Gasteiger partial charge >= 0.3 is 0 Å². The van der Waals surface area contributed by atoms with Gasteiger partial charge in [0.25, 0.3) is 5.91 Å². The van der Waals surface area contributed by atoms with Crippen LogP contribution in [-0.2, 0) is 7.05 Å². The van der Waals surface area contributed by atoms with Gasteiger partial charge in [-0.15, -0.1) is 0 Å². The topological polar surface area (TPSA) is 93.2 Å². The van der Waals surface area contributed by atoms with Gasteiger partial charge in [0.15, 0.2) is 0 Å². The maximum Gasteiger partial charge on any atom is 0.257 e. The van der Waals surface area contributed by atoms with Crippen molar-refractivity contribution in [3.8, 4) is 0 Å². The highest BCUT2D eigenvalue weighted by molar-refractivity contribution is 5.96. The molecule has 2 aromatic rings. The first-order valence-electron chi connectivity index (χ1n) is 7.36. The number of amides is 1. The van der Waals surface area contributed by atoms with Gasteiger partial charge in [0.2, 0.25) is 0 Å². The highest BCUT2D eigenvalue weighted by Crippen LogP contribution is 2.38. The lowest BCUT2D eigenvalue weighted by Crippen LogP contribution is -2.41. The van der Waals surface area contributed by atoms with Crippen molar-refractivity contribution >= 4 is 5.91 Å². The van der Waals surface area contributed by atoms with Crippen LogP contribution < -0.4 is 5.32 Å². The number of hydrogen-bond acceptors (Lipinski definition) is 5. The van der Waals surface area contributed by atoms with Gasteiger partial charge in [0.05, 0.1) is 24.0 Å². The van der Waals surface area contributed by atoms with Gasteiger partial charge in [-0.05, 0) is 32.6 Å². The van der Waals surface area contributed by atoms with Crippen LogP contribution in [-0.4, -0.2) is 32.1 Å². The Labute approximate surface area is 128 Å². The smallest absolute Gasteiger partial charge is 0.257 e. The third kappa shape index (κ3) is 2.64. The van der Waals surface area contributed by atoms with Crippen LogP contribution in [0.3, 0.4) is 0 Å². The number of rotatable bonds is 4. The van der Waals surface area contributed by atoms with Crippen LogP contribution in [0.2, 0.25) is 0 Å². The summed E-state index contributed by atoms with van der Waals surface area (Å²) in [6.45, 7) is 3.47. The van der Waals surface area contributed by atoms with E-state index in [0.717, 1.165) is 5.56 Å². The molecule has 1 atom stereocenters. The van der Waals surface area contributed by atoms with E-state index in [4.69, 9.17) is 4.52 Å². The summed E-state index contributed by atoms with van der Waals surface area (Å²) >= 11 is 0. The van der Waals surface area contributed by atoms with Crippen LogP contribution in [0.15, 0.2) is 16.9 Å². The molecule has 2 N–H and O–H groups in total. The number of nitrogens with zero attached hydrogens (tertiary/aromatic N) is 3. The normalized spacial score (nSPS) is 22.2. The second-order valence-corrected chi connectivity index (χ2v) is 5.98. The van der Waals surface area contributed by atoms with Gasteiger partial charge in [0, 0.05) is 18.8 Å². The van der Waals surface area contributed by atoms with Crippen LogP contribution in [0.1, 0.15) is 46.3 Å². The van der Waals surface area contributed by atoms with Gasteiger partial charge in [-0.25, -0.2) is 0 Å². The number of aromatic nitrogens is 3. The van der Waals surface area contributed by atoms with Crippen molar-refractivity contribution in [2.75, 3.05) is 0 Å². The molecule has 7 nitrogen and oxygen atoms in total. The molecule has 1 amide bonds. The fourth-order valence-corrected chi connectivity index (χ4v) is 3.00. The minimum atomic E-state index is -0.278. The molecule has 1 aliphatic rings. The SMILES string of the molecule is Cc1noc(C)c1C(=O)NC(c1cnn(C)c1)C1CC(O)C1. The molecule has 118 valence electrons. The molecule has 0 radical (unpaired) electrons. The molecule has 0 spiro atoms. The summed E-state index contributed by atoms with van der Waals surface area (Å²) in [4.78, 5) is 12.6. The van der Waals surface area contributed by atoms with Gasteiger partial charge < -0.3 is 14.9 Å². The van der Waals surface area contributed by atoms with Crippen molar-refractivity contribution in [3.63, 3.8) is 0 Å². The van der Waals surface area contributed by atoms with Crippen LogP contribution in [0.5, 0.6) is 0 Å². The van der Waals surface area contributed by atoms with E-state index in [2.05, 4.69) is 15.6 Å². The molecule has 1 saturated carbocycles. The fraction of sp³-hybridized carbons (Fsp3) is 0.533. The average molecular weight is 304 g/mol.